The minimum Gasteiger partial charge on any atom is -0.412 e. The fourth-order valence-electron chi connectivity index (χ4n) is 3.02. The monoisotopic (exact) mass is 333 g/mol. The van der Waals surface area contributed by atoms with Gasteiger partial charge in [-0.1, -0.05) is 6.07 Å². The van der Waals surface area contributed by atoms with Crippen molar-refractivity contribution in [2.45, 2.75) is 18.6 Å². The number of hydrogen-bond acceptors (Lipinski definition) is 6. The molecule has 0 atom stereocenters. The van der Waals surface area contributed by atoms with E-state index in [-0.39, 0.29) is 17.7 Å². The van der Waals surface area contributed by atoms with Crippen LogP contribution in [0.1, 0.15) is 23.5 Å². The number of hydrogen-bond donors (Lipinski definition) is 0. The van der Waals surface area contributed by atoms with Crippen molar-refractivity contribution in [2.24, 2.45) is 0 Å². The predicted molar refractivity (Wildman–Crippen MR) is 79.5 cm³/mol. The summed E-state index contributed by atoms with van der Waals surface area (Å²) in [5.74, 6) is -1.26. The molecule has 126 valence electrons. The summed E-state index contributed by atoms with van der Waals surface area (Å²) < 4.78 is 30.0. The Labute approximate surface area is 137 Å². The standard InChI is InChI=1S/C16H16FN3O4/c17-12-3-1-2-11(10-12)13-18-19-14(24-13)15(21)20-6-4-16(5-7-20)22-8-9-23-16/h1-3,10H,4-9H2. The van der Waals surface area contributed by atoms with Gasteiger partial charge in [-0.3, -0.25) is 4.79 Å². The third-order valence-electron chi connectivity index (χ3n) is 4.31. The van der Waals surface area contributed by atoms with Gasteiger partial charge in [0.15, 0.2) is 5.79 Å². The second-order valence-corrected chi connectivity index (χ2v) is 5.82. The molecule has 0 N–H and O–H groups in total. The molecule has 7 nitrogen and oxygen atoms in total. The van der Waals surface area contributed by atoms with Crippen LogP contribution in [-0.4, -0.2) is 53.1 Å². The van der Waals surface area contributed by atoms with Gasteiger partial charge in [0.05, 0.1) is 13.2 Å². The lowest BCUT2D eigenvalue weighted by atomic mass is 10.0. The van der Waals surface area contributed by atoms with E-state index in [1.54, 1.807) is 17.0 Å². The molecule has 1 aromatic carbocycles. The number of aromatic nitrogens is 2. The van der Waals surface area contributed by atoms with Crippen LogP contribution in [-0.2, 0) is 9.47 Å². The molecule has 0 bridgehead atoms. The number of carbonyl (C=O) groups excluding carboxylic acids is 1. The molecule has 1 aromatic heterocycles. The molecule has 1 spiro atoms. The molecule has 2 saturated heterocycles. The summed E-state index contributed by atoms with van der Waals surface area (Å²) in [5, 5.41) is 7.63. The Hall–Kier alpha value is -2.32. The molecule has 0 saturated carbocycles. The van der Waals surface area contributed by atoms with Crippen molar-refractivity contribution in [2.75, 3.05) is 26.3 Å². The lowest BCUT2D eigenvalue weighted by Gasteiger charge is -2.36. The second-order valence-electron chi connectivity index (χ2n) is 5.82. The van der Waals surface area contributed by atoms with Crippen LogP contribution in [0.3, 0.4) is 0 Å². The fourth-order valence-corrected chi connectivity index (χ4v) is 3.02. The average molecular weight is 333 g/mol. The van der Waals surface area contributed by atoms with E-state index in [4.69, 9.17) is 13.9 Å². The van der Waals surface area contributed by atoms with Gasteiger partial charge in [-0.15, -0.1) is 10.2 Å². The minimum atomic E-state index is -0.543. The zero-order valence-corrected chi connectivity index (χ0v) is 12.9. The van der Waals surface area contributed by atoms with Crippen LogP contribution in [0.2, 0.25) is 0 Å². The Balaban J connectivity index is 1.46. The van der Waals surface area contributed by atoms with Crippen LogP contribution in [0.4, 0.5) is 4.39 Å². The lowest BCUT2D eigenvalue weighted by molar-refractivity contribution is -0.181. The highest BCUT2D eigenvalue weighted by atomic mass is 19.1. The van der Waals surface area contributed by atoms with Crippen LogP contribution in [0.15, 0.2) is 28.7 Å². The Morgan fingerprint density at radius 2 is 1.92 bits per heavy atom. The Morgan fingerprint density at radius 3 is 2.62 bits per heavy atom. The first-order valence-electron chi connectivity index (χ1n) is 7.82. The summed E-state index contributed by atoms with van der Waals surface area (Å²) in [5.41, 5.74) is 0.437. The Bertz CT molecular complexity index is 747. The number of ether oxygens (including phenoxy) is 2. The van der Waals surface area contributed by atoms with E-state index in [0.717, 1.165) is 0 Å². The van der Waals surface area contributed by atoms with Gasteiger partial charge in [0, 0.05) is 31.5 Å². The molecule has 2 aliphatic rings. The highest BCUT2D eigenvalue weighted by molar-refractivity contribution is 5.89. The molecule has 0 unspecified atom stereocenters. The maximum absolute atomic E-state index is 13.3. The van der Waals surface area contributed by atoms with Crippen molar-refractivity contribution >= 4 is 5.91 Å². The SMILES string of the molecule is O=C(c1nnc(-c2cccc(F)c2)o1)N1CCC2(CC1)OCCO2. The molecule has 2 fully saturated rings. The zero-order valence-electron chi connectivity index (χ0n) is 12.9. The molecular formula is C16H16FN3O4. The van der Waals surface area contributed by atoms with E-state index in [1.807, 2.05) is 0 Å². The summed E-state index contributed by atoms with van der Waals surface area (Å²) in [6.45, 7) is 2.18. The summed E-state index contributed by atoms with van der Waals surface area (Å²) in [6, 6.07) is 5.79. The number of piperidine rings is 1. The molecule has 4 rings (SSSR count). The molecule has 0 aliphatic carbocycles. The highest BCUT2D eigenvalue weighted by Crippen LogP contribution is 2.31. The first-order chi connectivity index (χ1) is 11.7. The maximum atomic E-state index is 13.3. The number of carbonyl (C=O) groups is 1. The van der Waals surface area contributed by atoms with Gasteiger partial charge < -0.3 is 18.8 Å². The van der Waals surface area contributed by atoms with Gasteiger partial charge in [0.2, 0.25) is 5.89 Å². The summed E-state index contributed by atoms with van der Waals surface area (Å²) in [7, 11) is 0. The van der Waals surface area contributed by atoms with E-state index >= 15 is 0 Å². The van der Waals surface area contributed by atoms with E-state index < -0.39 is 11.6 Å². The van der Waals surface area contributed by atoms with E-state index in [0.29, 0.717) is 44.7 Å². The van der Waals surface area contributed by atoms with Gasteiger partial charge in [-0.05, 0) is 18.2 Å². The maximum Gasteiger partial charge on any atom is 0.311 e. The number of nitrogens with zero attached hydrogens (tertiary/aromatic N) is 3. The topological polar surface area (TPSA) is 77.7 Å². The van der Waals surface area contributed by atoms with Gasteiger partial charge in [-0.25, -0.2) is 4.39 Å². The van der Waals surface area contributed by atoms with Crippen LogP contribution in [0.5, 0.6) is 0 Å². The molecule has 8 heteroatoms. The molecule has 1 amide bonds. The predicted octanol–water partition coefficient (Wildman–Crippen LogP) is 1.85. The van der Waals surface area contributed by atoms with Crippen molar-refractivity contribution in [3.8, 4) is 11.5 Å². The molecule has 0 radical (unpaired) electrons. The quantitative estimate of drug-likeness (QED) is 0.835. The fraction of sp³-hybridized carbons (Fsp3) is 0.438. The first kappa shape index (κ1) is 15.2. The summed E-state index contributed by atoms with van der Waals surface area (Å²) in [4.78, 5) is 14.1. The van der Waals surface area contributed by atoms with Gasteiger partial charge in [0.1, 0.15) is 5.82 Å². The molecule has 3 heterocycles. The van der Waals surface area contributed by atoms with Crippen LogP contribution in [0, 0.1) is 5.82 Å². The lowest BCUT2D eigenvalue weighted by Crippen LogP contribution is -2.47. The van der Waals surface area contributed by atoms with Crippen LogP contribution < -0.4 is 0 Å². The highest BCUT2D eigenvalue weighted by Gasteiger charge is 2.41. The molecular weight excluding hydrogens is 317 g/mol. The summed E-state index contributed by atoms with van der Waals surface area (Å²) >= 11 is 0. The van der Waals surface area contributed by atoms with Gasteiger partial charge >= 0.3 is 11.8 Å². The zero-order chi connectivity index (χ0) is 16.6. The number of benzene rings is 1. The van der Waals surface area contributed by atoms with Crippen molar-refractivity contribution < 1.29 is 23.1 Å². The Morgan fingerprint density at radius 1 is 1.17 bits per heavy atom. The smallest absolute Gasteiger partial charge is 0.311 e. The van der Waals surface area contributed by atoms with Crippen LogP contribution in [0.25, 0.3) is 11.5 Å². The van der Waals surface area contributed by atoms with Crippen molar-refractivity contribution in [3.05, 3.63) is 36.0 Å². The van der Waals surface area contributed by atoms with E-state index in [1.165, 1.54) is 12.1 Å². The number of amides is 1. The van der Waals surface area contributed by atoms with Crippen molar-refractivity contribution in [1.29, 1.82) is 0 Å². The average Bonchev–Trinajstić information content (AvgIpc) is 3.25. The number of rotatable bonds is 2. The van der Waals surface area contributed by atoms with Crippen molar-refractivity contribution in [3.63, 3.8) is 0 Å². The van der Waals surface area contributed by atoms with Gasteiger partial charge in [-0.2, -0.15) is 0 Å². The minimum absolute atomic E-state index is 0.0986. The third-order valence-corrected chi connectivity index (χ3v) is 4.31. The first-order valence-corrected chi connectivity index (χ1v) is 7.82. The number of halogens is 1. The third kappa shape index (κ3) is 2.78. The van der Waals surface area contributed by atoms with E-state index in [9.17, 15) is 9.18 Å². The van der Waals surface area contributed by atoms with Gasteiger partial charge in [0.25, 0.3) is 0 Å². The Kier molecular flexibility index (Phi) is 3.78. The second kappa shape index (κ2) is 5.95. The number of likely N-dealkylation sites (tertiary alicyclic amines) is 1. The molecule has 24 heavy (non-hydrogen) atoms. The molecule has 2 aliphatic heterocycles. The van der Waals surface area contributed by atoms with Crippen molar-refractivity contribution in [1.82, 2.24) is 15.1 Å². The largest absolute Gasteiger partial charge is 0.412 e. The van der Waals surface area contributed by atoms with Crippen LogP contribution >= 0.6 is 0 Å². The van der Waals surface area contributed by atoms with E-state index in [2.05, 4.69) is 10.2 Å². The summed E-state index contributed by atoms with van der Waals surface area (Å²) in [6.07, 6.45) is 1.23. The molecule has 2 aromatic rings. The normalized spacial score (nSPS) is 19.8.